The van der Waals surface area contributed by atoms with Crippen LogP contribution in [0.5, 0.6) is 5.75 Å². The number of carbonyl (C=O) groups is 2. The highest BCUT2D eigenvalue weighted by Gasteiger charge is 2.27. The first-order valence-corrected chi connectivity index (χ1v) is 8.07. The zero-order chi connectivity index (χ0) is 16.4. The first-order chi connectivity index (χ1) is 11.0. The molecule has 120 valence electrons. The van der Waals surface area contributed by atoms with Crippen molar-refractivity contribution in [2.45, 2.75) is 25.7 Å². The number of nitrogens with zero attached hydrogens (tertiary/aromatic N) is 1. The molecule has 1 aliphatic carbocycles. The van der Waals surface area contributed by atoms with E-state index >= 15 is 0 Å². The van der Waals surface area contributed by atoms with E-state index in [2.05, 4.69) is 10.3 Å². The molecule has 1 aromatic heterocycles. The van der Waals surface area contributed by atoms with Crippen molar-refractivity contribution < 1.29 is 19.4 Å². The Balaban J connectivity index is 1.66. The maximum Gasteiger partial charge on any atom is 0.341 e. The second-order valence-corrected chi connectivity index (χ2v) is 6.51. The molecule has 7 heteroatoms. The van der Waals surface area contributed by atoms with Crippen LogP contribution in [-0.4, -0.2) is 28.6 Å². The number of carbonyl (C=O) groups excluding carboxylic acids is 1. The number of aliphatic carboxylic acids is 1. The summed E-state index contributed by atoms with van der Waals surface area (Å²) < 4.78 is 5.11. The van der Waals surface area contributed by atoms with Crippen molar-refractivity contribution in [1.29, 1.82) is 0 Å². The number of benzene rings is 1. The number of rotatable bonds is 6. The lowest BCUT2D eigenvalue weighted by atomic mass is 10.2. The van der Waals surface area contributed by atoms with Crippen LogP contribution < -0.4 is 10.1 Å². The van der Waals surface area contributed by atoms with Crippen molar-refractivity contribution in [3.05, 3.63) is 39.8 Å². The fraction of sp³-hybridized carbons (Fsp3) is 0.312. The van der Waals surface area contributed by atoms with Gasteiger partial charge >= 0.3 is 5.97 Å². The third-order valence-corrected chi connectivity index (χ3v) is 4.64. The summed E-state index contributed by atoms with van der Waals surface area (Å²) in [6.07, 6.45) is 3.93. The number of hydrogen-bond donors (Lipinski definition) is 2. The number of nitrogens with one attached hydrogen (secondary N) is 1. The minimum atomic E-state index is -1.03. The van der Waals surface area contributed by atoms with Gasteiger partial charge in [0, 0.05) is 11.6 Å². The van der Waals surface area contributed by atoms with Crippen molar-refractivity contribution in [3.63, 3.8) is 0 Å². The van der Waals surface area contributed by atoms with Crippen LogP contribution in [0.3, 0.4) is 0 Å². The molecule has 1 amide bonds. The third-order valence-electron chi connectivity index (χ3n) is 3.48. The molecule has 1 saturated carbocycles. The minimum absolute atomic E-state index is 0.184. The average molecular weight is 332 g/mol. The summed E-state index contributed by atoms with van der Waals surface area (Å²) >= 11 is 1.44. The highest BCUT2D eigenvalue weighted by Crippen LogP contribution is 2.41. The molecule has 0 atom stereocenters. The lowest BCUT2D eigenvalue weighted by Crippen LogP contribution is -2.12. The molecule has 0 bridgehead atoms. The maximum atomic E-state index is 12.3. The Hall–Kier alpha value is -2.41. The Morgan fingerprint density at radius 1 is 1.43 bits per heavy atom. The molecule has 23 heavy (non-hydrogen) atoms. The summed E-state index contributed by atoms with van der Waals surface area (Å²) in [5, 5.41) is 12.5. The van der Waals surface area contributed by atoms with Gasteiger partial charge in [-0.15, -0.1) is 11.3 Å². The molecule has 0 unspecified atom stereocenters. The molecule has 0 aliphatic heterocycles. The number of ether oxygens (including phenoxy) is 1. The SMILES string of the molecule is Cc1cc(OCC(=O)O)ccc1NC(=O)c1cnc(C2CC2)s1. The van der Waals surface area contributed by atoms with Crippen LogP contribution in [-0.2, 0) is 4.79 Å². The summed E-state index contributed by atoms with van der Waals surface area (Å²) in [6, 6.07) is 5.03. The largest absolute Gasteiger partial charge is 0.482 e. The number of aromatic nitrogens is 1. The molecule has 2 aromatic rings. The van der Waals surface area contributed by atoms with Crippen molar-refractivity contribution in [2.75, 3.05) is 11.9 Å². The molecule has 0 radical (unpaired) electrons. The van der Waals surface area contributed by atoms with Crippen molar-refractivity contribution in [3.8, 4) is 5.75 Å². The number of carboxylic acids is 1. The quantitative estimate of drug-likeness (QED) is 0.849. The first kappa shape index (κ1) is 15.5. The Kier molecular flexibility index (Phi) is 4.29. The van der Waals surface area contributed by atoms with E-state index in [1.807, 2.05) is 6.92 Å². The van der Waals surface area contributed by atoms with Crippen LogP contribution in [0.1, 0.15) is 39.0 Å². The molecule has 1 heterocycles. The van der Waals surface area contributed by atoms with Gasteiger partial charge in [-0.1, -0.05) is 0 Å². The Morgan fingerprint density at radius 2 is 2.22 bits per heavy atom. The lowest BCUT2D eigenvalue weighted by molar-refractivity contribution is -0.139. The minimum Gasteiger partial charge on any atom is -0.482 e. The van der Waals surface area contributed by atoms with Gasteiger partial charge in [0.05, 0.1) is 11.2 Å². The van der Waals surface area contributed by atoms with E-state index in [1.165, 1.54) is 11.3 Å². The number of anilines is 1. The van der Waals surface area contributed by atoms with Crippen LogP contribution in [0.2, 0.25) is 0 Å². The number of aryl methyl sites for hydroxylation is 1. The smallest absolute Gasteiger partial charge is 0.341 e. The molecule has 0 spiro atoms. The van der Waals surface area contributed by atoms with Gasteiger partial charge in [0.1, 0.15) is 10.6 Å². The summed E-state index contributed by atoms with van der Waals surface area (Å²) in [5.41, 5.74) is 1.47. The predicted molar refractivity (Wildman–Crippen MR) is 86.4 cm³/mol. The zero-order valence-electron chi connectivity index (χ0n) is 12.5. The summed E-state index contributed by atoms with van der Waals surface area (Å²) in [6.45, 7) is 1.43. The van der Waals surface area contributed by atoms with E-state index in [0.717, 1.165) is 23.4 Å². The Bertz CT molecular complexity index is 752. The van der Waals surface area contributed by atoms with E-state index in [-0.39, 0.29) is 5.91 Å². The van der Waals surface area contributed by atoms with Gasteiger partial charge in [-0.05, 0) is 43.5 Å². The Morgan fingerprint density at radius 3 is 2.87 bits per heavy atom. The lowest BCUT2D eigenvalue weighted by Gasteiger charge is -2.10. The van der Waals surface area contributed by atoms with Crippen LogP contribution in [0.4, 0.5) is 5.69 Å². The number of thiazole rings is 1. The van der Waals surface area contributed by atoms with E-state index in [9.17, 15) is 9.59 Å². The molecule has 6 nitrogen and oxygen atoms in total. The van der Waals surface area contributed by atoms with Gasteiger partial charge in [0.2, 0.25) is 0 Å². The molecule has 2 N–H and O–H groups in total. The fourth-order valence-corrected chi connectivity index (χ4v) is 3.09. The fourth-order valence-electron chi connectivity index (χ4n) is 2.11. The number of amides is 1. The van der Waals surface area contributed by atoms with Gasteiger partial charge in [-0.25, -0.2) is 9.78 Å². The van der Waals surface area contributed by atoms with E-state index < -0.39 is 12.6 Å². The number of carboxylic acid groups (broad SMARTS) is 1. The normalized spacial score (nSPS) is 13.6. The van der Waals surface area contributed by atoms with E-state index in [1.54, 1.807) is 24.4 Å². The van der Waals surface area contributed by atoms with Crippen LogP contribution in [0.15, 0.2) is 24.4 Å². The van der Waals surface area contributed by atoms with Crippen molar-refractivity contribution >= 4 is 28.9 Å². The summed E-state index contributed by atoms with van der Waals surface area (Å²) in [4.78, 5) is 27.7. The molecular weight excluding hydrogens is 316 g/mol. The van der Waals surface area contributed by atoms with Gasteiger partial charge in [-0.2, -0.15) is 0 Å². The van der Waals surface area contributed by atoms with Crippen molar-refractivity contribution in [1.82, 2.24) is 4.98 Å². The highest BCUT2D eigenvalue weighted by atomic mass is 32.1. The monoisotopic (exact) mass is 332 g/mol. The molecular formula is C16H16N2O4S. The van der Waals surface area contributed by atoms with Crippen LogP contribution in [0, 0.1) is 6.92 Å². The second kappa shape index (κ2) is 6.37. The van der Waals surface area contributed by atoms with Gasteiger partial charge in [-0.3, -0.25) is 4.79 Å². The number of hydrogen-bond acceptors (Lipinski definition) is 5. The first-order valence-electron chi connectivity index (χ1n) is 7.25. The van der Waals surface area contributed by atoms with Gasteiger partial charge in [0.25, 0.3) is 5.91 Å². The standard InChI is InChI=1S/C16H16N2O4S/c1-9-6-11(22-8-14(19)20)4-5-12(9)18-15(21)13-7-17-16(23-13)10-2-3-10/h4-7,10H,2-3,8H2,1H3,(H,18,21)(H,19,20). The molecule has 0 saturated heterocycles. The van der Waals surface area contributed by atoms with Gasteiger partial charge < -0.3 is 15.2 Å². The molecule has 3 rings (SSSR count). The maximum absolute atomic E-state index is 12.3. The second-order valence-electron chi connectivity index (χ2n) is 5.45. The Labute approximate surface area is 137 Å². The molecule has 1 fully saturated rings. The average Bonchev–Trinajstić information content (AvgIpc) is 3.24. The van der Waals surface area contributed by atoms with Crippen LogP contribution >= 0.6 is 11.3 Å². The van der Waals surface area contributed by atoms with Gasteiger partial charge in [0.15, 0.2) is 6.61 Å². The summed E-state index contributed by atoms with van der Waals surface area (Å²) in [5.74, 6) is -0.223. The topological polar surface area (TPSA) is 88.5 Å². The van der Waals surface area contributed by atoms with Crippen molar-refractivity contribution in [2.24, 2.45) is 0 Å². The van der Waals surface area contributed by atoms with E-state index in [4.69, 9.17) is 9.84 Å². The predicted octanol–water partition coefficient (Wildman–Crippen LogP) is 3.04. The summed E-state index contributed by atoms with van der Waals surface area (Å²) in [7, 11) is 0. The van der Waals surface area contributed by atoms with E-state index in [0.29, 0.717) is 22.2 Å². The van der Waals surface area contributed by atoms with Crippen LogP contribution in [0.25, 0.3) is 0 Å². The molecule has 1 aliphatic rings. The molecule has 1 aromatic carbocycles. The zero-order valence-corrected chi connectivity index (χ0v) is 13.4. The third kappa shape index (κ3) is 3.87. The highest BCUT2D eigenvalue weighted by molar-refractivity contribution is 7.13.